The van der Waals surface area contributed by atoms with Crippen molar-refractivity contribution in [2.45, 2.75) is 57.2 Å². The van der Waals surface area contributed by atoms with Crippen molar-refractivity contribution in [2.24, 2.45) is 0 Å². The lowest BCUT2D eigenvalue weighted by Gasteiger charge is -2.30. The summed E-state index contributed by atoms with van der Waals surface area (Å²) in [5.74, 6) is -1.26. The molecule has 0 saturated heterocycles. The smallest absolute Gasteiger partial charge is 0.198 e. The molecule has 176 valence electrons. The van der Waals surface area contributed by atoms with Gasteiger partial charge in [0.05, 0.1) is 12.1 Å². The van der Waals surface area contributed by atoms with E-state index in [0.717, 1.165) is 31.7 Å². The van der Waals surface area contributed by atoms with Crippen LogP contribution in [0.2, 0.25) is 0 Å². The Morgan fingerprint density at radius 1 is 1.15 bits per heavy atom. The van der Waals surface area contributed by atoms with Gasteiger partial charge in [0.1, 0.15) is 11.6 Å². The molecule has 0 amide bonds. The zero-order valence-corrected chi connectivity index (χ0v) is 18.7. The van der Waals surface area contributed by atoms with Gasteiger partial charge in [0.25, 0.3) is 0 Å². The van der Waals surface area contributed by atoms with Crippen LogP contribution in [0, 0.1) is 11.6 Å². The third-order valence-corrected chi connectivity index (χ3v) is 6.34. The number of ketones is 1. The molecular formula is C26H30F2N2O3. The highest BCUT2D eigenvalue weighted by atomic mass is 19.1. The number of benzene rings is 2. The lowest BCUT2D eigenvalue weighted by molar-refractivity contribution is -0.115. The molecule has 1 aliphatic carbocycles. The maximum absolute atomic E-state index is 13.7. The number of hydrogen-bond donors (Lipinski definition) is 3. The number of carbonyl (C=O) groups is 1. The molecule has 33 heavy (non-hydrogen) atoms. The Morgan fingerprint density at radius 2 is 1.94 bits per heavy atom. The zero-order valence-electron chi connectivity index (χ0n) is 18.7. The number of carbonyl (C=O) groups excluding carboxylic acids is 1. The molecule has 0 fully saturated rings. The summed E-state index contributed by atoms with van der Waals surface area (Å²) in [6.07, 6.45) is 4.66. The van der Waals surface area contributed by atoms with E-state index in [-0.39, 0.29) is 37.3 Å². The minimum Gasteiger partial charge on any atom is -0.471 e. The number of fused-ring (bicyclic) bond motifs is 1. The molecule has 2 aliphatic rings. The molecule has 0 saturated carbocycles. The van der Waals surface area contributed by atoms with Crippen LogP contribution in [0.3, 0.4) is 0 Å². The van der Waals surface area contributed by atoms with E-state index in [9.17, 15) is 18.7 Å². The van der Waals surface area contributed by atoms with E-state index in [2.05, 4.69) is 35.8 Å². The third-order valence-electron chi connectivity index (χ3n) is 6.34. The second kappa shape index (κ2) is 10.4. The van der Waals surface area contributed by atoms with Crippen molar-refractivity contribution in [3.63, 3.8) is 0 Å². The Labute approximate surface area is 192 Å². The first-order valence-corrected chi connectivity index (χ1v) is 11.5. The van der Waals surface area contributed by atoms with Crippen LogP contribution in [0.5, 0.6) is 0 Å². The molecule has 3 unspecified atom stereocenters. The van der Waals surface area contributed by atoms with Gasteiger partial charge >= 0.3 is 0 Å². The quantitative estimate of drug-likeness (QED) is 0.539. The van der Waals surface area contributed by atoms with Crippen molar-refractivity contribution in [2.75, 3.05) is 13.2 Å². The summed E-state index contributed by atoms with van der Waals surface area (Å²) in [7, 11) is 0. The second-order valence-corrected chi connectivity index (χ2v) is 8.80. The van der Waals surface area contributed by atoms with Crippen LogP contribution in [0.4, 0.5) is 8.78 Å². The fourth-order valence-electron chi connectivity index (χ4n) is 4.60. The van der Waals surface area contributed by atoms with E-state index >= 15 is 0 Å². The molecular weight excluding hydrogens is 426 g/mol. The first kappa shape index (κ1) is 23.4. The number of rotatable bonds is 9. The minimum absolute atomic E-state index is 0.0589. The molecule has 2 aromatic carbocycles. The minimum atomic E-state index is -0.892. The molecule has 5 nitrogen and oxygen atoms in total. The van der Waals surface area contributed by atoms with E-state index in [1.807, 2.05) is 0 Å². The molecule has 7 heteroatoms. The molecule has 4 rings (SSSR count). The fourth-order valence-corrected chi connectivity index (χ4v) is 4.60. The van der Waals surface area contributed by atoms with Gasteiger partial charge in [-0.05, 0) is 66.5 Å². The highest BCUT2D eigenvalue weighted by Crippen LogP contribution is 2.30. The van der Waals surface area contributed by atoms with Crippen LogP contribution in [0.15, 0.2) is 48.4 Å². The number of nitrogens with one attached hydrogen (secondary N) is 2. The lowest BCUT2D eigenvalue weighted by atomic mass is 9.86. The van der Waals surface area contributed by atoms with E-state index < -0.39 is 23.8 Å². The van der Waals surface area contributed by atoms with Gasteiger partial charge in [0.2, 0.25) is 0 Å². The molecule has 0 radical (unpaired) electrons. The van der Waals surface area contributed by atoms with E-state index in [0.29, 0.717) is 5.56 Å². The van der Waals surface area contributed by atoms with Crippen molar-refractivity contribution >= 4 is 5.78 Å². The SMILES string of the molecule is CCc1ccc2c(c1)C(NCC(O)C(Cc1cc(F)cc(F)c1)NC1=CC(=O)CO1)CCC2. The van der Waals surface area contributed by atoms with Crippen LogP contribution in [-0.4, -0.2) is 36.2 Å². The molecule has 2 aromatic rings. The van der Waals surface area contributed by atoms with Gasteiger partial charge in [0, 0.05) is 24.7 Å². The summed E-state index contributed by atoms with van der Waals surface area (Å²) < 4.78 is 32.7. The molecule has 0 aromatic heterocycles. The molecule has 3 atom stereocenters. The Balaban J connectivity index is 1.47. The van der Waals surface area contributed by atoms with Gasteiger partial charge in [-0.2, -0.15) is 0 Å². The number of ether oxygens (including phenoxy) is 1. The van der Waals surface area contributed by atoms with Gasteiger partial charge in [-0.25, -0.2) is 8.78 Å². The maximum Gasteiger partial charge on any atom is 0.198 e. The Morgan fingerprint density at radius 3 is 2.64 bits per heavy atom. The first-order chi connectivity index (χ1) is 15.9. The summed E-state index contributed by atoms with van der Waals surface area (Å²) in [6, 6.07) is 9.44. The van der Waals surface area contributed by atoms with Crippen LogP contribution in [0.1, 0.15) is 48.1 Å². The molecule has 1 aliphatic heterocycles. The largest absolute Gasteiger partial charge is 0.471 e. The van der Waals surface area contributed by atoms with Crippen LogP contribution >= 0.6 is 0 Å². The van der Waals surface area contributed by atoms with Gasteiger partial charge in [-0.15, -0.1) is 0 Å². The monoisotopic (exact) mass is 456 g/mol. The molecule has 3 N–H and O–H groups in total. The predicted molar refractivity (Wildman–Crippen MR) is 122 cm³/mol. The van der Waals surface area contributed by atoms with Gasteiger partial charge in [0.15, 0.2) is 18.3 Å². The Bertz CT molecular complexity index is 1020. The molecule has 0 bridgehead atoms. The van der Waals surface area contributed by atoms with Crippen LogP contribution in [0.25, 0.3) is 0 Å². The third kappa shape index (κ3) is 5.97. The standard InChI is InChI=1S/C26H30F2N2O3/c1-2-16-6-7-18-4-3-5-23(22(18)10-16)29-14-25(32)24(30-26-13-21(31)15-33-26)11-17-8-19(27)12-20(28)9-17/h6-10,12-13,23-25,29-30,32H,2-5,11,14-15H2,1H3. The number of hydrogen-bond acceptors (Lipinski definition) is 5. The van der Waals surface area contributed by atoms with Crippen LogP contribution < -0.4 is 10.6 Å². The van der Waals surface area contributed by atoms with E-state index in [1.54, 1.807) is 0 Å². The van der Waals surface area contributed by atoms with Crippen molar-refractivity contribution in [1.29, 1.82) is 0 Å². The number of halogens is 2. The van der Waals surface area contributed by atoms with Crippen molar-refractivity contribution < 1.29 is 23.4 Å². The topological polar surface area (TPSA) is 70.6 Å². The highest BCUT2D eigenvalue weighted by Gasteiger charge is 2.26. The average Bonchev–Trinajstić information content (AvgIpc) is 3.20. The maximum atomic E-state index is 13.7. The summed E-state index contributed by atoms with van der Waals surface area (Å²) in [4.78, 5) is 11.5. The zero-order chi connectivity index (χ0) is 23.4. The highest BCUT2D eigenvalue weighted by molar-refractivity contribution is 5.92. The molecule has 1 heterocycles. The number of aliphatic hydroxyl groups is 1. The summed E-state index contributed by atoms with van der Waals surface area (Å²) in [5.41, 5.74) is 4.30. The summed E-state index contributed by atoms with van der Waals surface area (Å²) in [5, 5.41) is 17.6. The van der Waals surface area contributed by atoms with Crippen molar-refractivity contribution in [1.82, 2.24) is 10.6 Å². The first-order valence-electron chi connectivity index (χ1n) is 11.5. The predicted octanol–water partition coefficient (Wildman–Crippen LogP) is 3.50. The normalized spacial score (nSPS) is 19.5. The van der Waals surface area contributed by atoms with Gasteiger partial charge < -0.3 is 20.5 Å². The number of aliphatic hydroxyl groups excluding tert-OH is 1. The van der Waals surface area contributed by atoms with Gasteiger partial charge in [-0.1, -0.05) is 25.1 Å². The second-order valence-electron chi connectivity index (χ2n) is 8.80. The van der Waals surface area contributed by atoms with Crippen molar-refractivity contribution in [3.8, 4) is 0 Å². The van der Waals surface area contributed by atoms with Crippen LogP contribution in [-0.2, 0) is 28.8 Å². The van der Waals surface area contributed by atoms with E-state index in [4.69, 9.17) is 4.74 Å². The van der Waals surface area contributed by atoms with E-state index in [1.165, 1.54) is 34.9 Å². The average molecular weight is 457 g/mol. The Hall–Kier alpha value is -2.77. The Kier molecular flexibility index (Phi) is 7.40. The number of aryl methyl sites for hydroxylation is 2. The summed E-state index contributed by atoms with van der Waals surface area (Å²) in [6.45, 7) is 2.35. The van der Waals surface area contributed by atoms with Gasteiger partial charge in [-0.3, -0.25) is 4.79 Å². The molecule has 0 spiro atoms. The summed E-state index contributed by atoms with van der Waals surface area (Å²) >= 11 is 0. The fraction of sp³-hybridized carbons (Fsp3) is 0.423. The lowest BCUT2D eigenvalue weighted by Crippen LogP contribution is -2.47. The van der Waals surface area contributed by atoms with Crippen molar-refractivity contribution in [3.05, 3.63) is 82.2 Å².